The minimum atomic E-state index is -4.08. The monoisotopic (exact) mass is 481 g/mol. The third kappa shape index (κ3) is 3.07. The minimum Gasteiger partial charge on any atom is -0.339 e. The lowest BCUT2D eigenvalue weighted by atomic mass is 10.1. The van der Waals surface area contributed by atoms with E-state index in [1.54, 1.807) is 0 Å². The Hall–Kier alpha value is -1.17. The second-order valence-electron chi connectivity index (χ2n) is 6.00. The molecule has 4 nitrogen and oxygen atoms in total. The molecule has 0 saturated carbocycles. The van der Waals surface area contributed by atoms with Gasteiger partial charge in [-0.3, -0.25) is 4.57 Å². The van der Waals surface area contributed by atoms with E-state index in [4.69, 9.17) is 0 Å². The van der Waals surface area contributed by atoms with E-state index < -0.39 is 7.60 Å². The normalized spacial score (nSPS) is 12.5. The van der Waals surface area contributed by atoms with Gasteiger partial charge < -0.3 is 14.4 Å². The van der Waals surface area contributed by atoms with Crippen LogP contribution in [-0.2, 0) is 11.1 Å². The highest BCUT2D eigenvalue weighted by atomic mass is 79.9. The van der Waals surface area contributed by atoms with Gasteiger partial charge in [-0.05, 0) is 29.7 Å². The third-order valence-corrected chi connectivity index (χ3v) is 6.32. The topological polar surface area (TPSA) is 62.5 Å². The lowest BCUT2D eigenvalue weighted by Gasteiger charge is -2.11. The van der Waals surface area contributed by atoms with Crippen LogP contribution in [0.5, 0.6) is 0 Å². The van der Waals surface area contributed by atoms with E-state index in [9.17, 15) is 14.4 Å². The van der Waals surface area contributed by atoms with Crippen molar-refractivity contribution in [2.75, 3.05) is 6.16 Å². The van der Waals surface area contributed by atoms with Crippen LogP contribution in [0.4, 0.5) is 0 Å². The molecule has 0 aliphatic rings. The van der Waals surface area contributed by atoms with E-state index in [1.807, 2.05) is 47.0 Å². The number of aryl methyl sites for hydroxylation is 1. The van der Waals surface area contributed by atoms with Gasteiger partial charge in [-0.2, -0.15) is 0 Å². The van der Waals surface area contributed by atoms with Crippen LogP contribution in [0.2, 0.25) is 0 Å². The Kier molecular flexibility index (Phi) is 4.29. The maximum absolute atomic E-state index is 11.4. The van der Waals surface area contributed by atoms with Crippen molar-refractivity contribution in [2.24, 2.45) is 0 Å². The summed E-state index contributed by atoms with van der Waals surface area (Å²) in [5.74, 6) is 0. The lowest BCUT2D eigenvalue weighted by Crippen LogP contribution is -2.03. The molecule has 0 aliphatic heterocycles. The predicted molar refractivity (Wildman–Crippen MR) is 109 cm³/mol. The molecule has 0 aliphatic carbocycles. The lowest BCUT2D eigenvalue weighted by molar-refractivity contribution is 0.370. The van der Waals surface area contributed by atoms with Gasteiger partial charge >= 0.3 is 7.60 Å². The zero-order chi connectivity index (χ0) is 17.8. The number of benzene rings is 3. The maximum atomic E-state index is 11.4. The third-order valence-electron chi connectivity index (χ3n) is 4.39. The number of fused-ring (bicyclic) bond motifs is 5. The summed E-state index contributed by atoms with van der Waals surface area (Å²) in [5, 5.41) is 4.26. The van der Waals surface area contributed by atoms with Crippen molar-refractivity contribution in [3.63, 3.8) is 0 Å². The highest BCUT2D eigenvalue weighted by molar-refractivity contribution is 9.11. The van der Waals surface area contributed by atoms with Crippen LogP contribution in [0.15, 0.2) is 57.5 Å². The SMILES string of the molecule is O=P(O)(O)CCn1c2ccc(Br)cc2c2cc(Br)c3ccccc3c21. The highest BCUT2D eigenvalue weighted by Gasteiger charge is 2.19. The van der Waals surface area contributed by atoms with E-state index >= 15 is 0 Å². The molecule has 0 radical (unpaired) electrons. The quantitative estimate of drug-likeness (QED) is 0.371. The van der Waals surface area contributed by atoms with Gasteiger partial charge in [0.05, 0.1) is 11.7 Å². The van der Waals surface area contributed by atoms with Crippen LogP contribution < -0.4 is 0 Å². The van der Waals surface area contributed by atoms with Gasteiger partial charge in [0.25, 0.3) is 0 Å². The number of hydrogen-bond acceptors (Lipinski definition) is 1. The van der Waals surface area contributed by atoms with E-state index in [0.29, 0.717) is 0 Å². The molecule has 0 fully saturated rings. The number of halogens is 2. The summed E-state index contributed by atoms with van der Waals surface area (Å²) >= 11 is 7.18. The van der Waals surface area contributed by atoms with Crippen molar-refractivity contribution in [3.8, 4) is 0 Å². The molecule has 0 amide bonds. The Morgan fingerprint density at radius 2 is 1.64 bits per heavy atom. The average Bonchev–Trinajstić information content (AvgIpc) is 2.86. The zero-order valence-electron chi connectivity index (χ0n) is 13.0. The second kappa shape index (κ2) is 6.22. The fraction of sp³-hybridized carbons (Fsp3) is 0.111. The van der Waals surface area contributed by atoms with Crippen LogP contribution in [0.3, 0.4) is 0 Å². The van der Waals surface area contributed by atoms with Gasteiger partial charge in [0.2, 0.25) is 0 Å². The van der Waals surface area contributed by atoms with Crippen molar-refractivity contribution < 1.29 is 14.4 Å². The summed E-state index contributed by atoms with van der Waals surface area (Å²) in [4.78, 5) is 18.7. The molecule has 1 heterocycles. The largest absolute Gasteiger partial charge is 0.339 e. The number of nitrogens with zero attached hydrogens (tertiary/aromatic N) is 1. The summed E-state index contributed by atoms with van der Waals surface area (Å²) in [5.41, 5.74) is 1.97. The summed E-state index contributed by atoms with van der Waals surface area (Å²) in [7, 11) is -4.08. The molecule has 0 bridgehead atoms. The van der Waals surface area contributed by atoms with Crippen LogP contribution in [0.1, 0.15) is 0 Å². The fourth-order valence-electron chi connectivity index (χ4n) is 3.35. The molecule has 25 heavy (non-hydrogen) atoms. The van der Waals surface area contributed by atoms with Crippen LogP contribution >= 0.6 is 39.5 Å². The number of aromatic nitrogens is 1. The molecule has 7 heteroatoms. The van der Waals surface area contributed by atoms with Crippen LogP contribution in [-0.4, -0.2) is 20.5 Å². The molecule has 4 aromatic rings. The van der Waals surface area contributed by atoms with Crippen molar-refractivity contribution >= 4 is 72.0 Å². The molecule has 3 aromatic carbocycles. The minimum absolute atomic E-state index is 0.188. The standard InChI is InChI=1S/C18H14Br2NO3P/c19-11-5-6-17-14(9-11)15-10-16(20)12-3-1-2-4-13(12)18(15)21(17)7-8-25(22,23)24/h1-6,9-10H,7-8H2,(H2,22,23,24). The zero-order valence-corrected chi connectivity index (χ0v) is 17.1. The highest BCUT2D eigenvalue weighted by Crippen LogP contribution is 2.40. The molecule has 128 valence electrons. The molecule has 0 atom stereocenters. The molecule has 1 aromatic heterocycles. The van der Waals surface area contributed by atoms with E-state index in [0.717, 1.165) is 41.5 Å². The van der Waals surface area contributed by atoms with Gasteiger partial charge in [-0.1, -0.05) is 56.1 Å². The smallest absolute Gasteiger partial charge is 0.327 e. The van der Waals surface area contributed by atoms with Crippen LogP contribution in [0.25, 0.3) is 32.6 Å². The molecular formula is C18H14Br2NO3P. The first-order chi connectivity index (χ1) is 11.8. The first kappa shape index (κ1) is 17.3. The fourth-order valence-corrected chi connectivity index (χ4v) is 4.75. The van der Waals surface area contributed by atoms with Gasteiger partial charge in [0.15, 0.2) is 0 Å². The summed E-state index contributed by atoms with van der Waals surface area (Å²) in [6.07, 6.45) is -0.188. The Morgan fingerprint density at radius 1 is 0.920 bits per heavy atom. The van der Waals surface area contributed by atoms with Crippen molar-refractivity contribution in [1.82, 2.24) is 4.57 Å². The van der Waals surface area contributed by atoms with Gasteiger partial charge in [-0.25, -0.2) is 0 Å². The Balaban J connectivity index is 2.15. The number of rotatable bonds is 3. The Morgan fingerprint density at radius 3 is 2.36 bits per heavy atom. The first-order valence-electron chi connectivity index (χ1n) is 7.68. The molecule has 4 rings (SSSR count). The Labute approximate surface area is 160 Å². The van der Waals surface area contributed by atoms with Crippen molar-refractivity contribution in [2.45, 2.75) is 6.54 Å². The van der Waals surface area contributed by atoms with Gasteiger partial charge in [0.1, 0.15) is 0 Å². The van der Waals surface area contributed by atoms with Crippen LogP contribution in [0, 0.1) is 0 Å². The Bertz CT molecular complexity index is 1180. The van der Waals surface area contributed by atoms with E-state index in [2.05, 4.69) is 37.9 Å². The van der Waals surface area contributed by atoms with Crippen molar-refractivity contribution in [3.05, 3.63) is 57.5 Å². The molecule has 2 N–H and O–H groups in total. The van der Waals surface area contributed by atoms with E-state index in [-0.39, 0.29) is 12.7 Å². The summed E-state index contributed by atoms with van der Waals surface area (Å²) < 4.78 is 15.4. The summed E-state index contributed by atoms with van der Waals surface area (Å²) in [6, 6.07) is 16.1. The van der Waals surface area contributed by atoms with Gasteiger partial charge in [-0.15, -0.1) is 0 Å². The van der Waals surface area contributed by atoms with Crippen molar-refractivity contribution in [1.29, 1.82) is 0 Å². The predicted octanol–water partition coefficient (Wildman–Crippen LogP) is 5.65. The maximum Gasteiger partial charge on any atom is 0.327 e. The number of hydrogen-bond donors (Lipinski definition) is 2. The van der Waals surface area contributed by atoms with Gasteiger partial charge in [0, 0.05) is 37.2 Å². The molecule has 0 saturated heterocycles. The molecular weight excluding hydrogens is 469 g/mol. The first-order valence-corrected chi connectivity index (χ1v) is 11.1. The van der Waals surface area contributed by atoms with E-state index in [1.165, 1.54) is 0 Å². The second-order valence-corrected chi connectivity index (χ2v) is 9.55. The summed E-state index contributed by atoms with van der Waals surface area (Å²) in [6.45, 7) is 0.261. The molecule has 0 unspecified atom stereocenters. The molecule has 0 spiro atoms. The average molecular weight is 483 g/mol.